The minimum atomic E-state index is -0.195. The molecule has 1 amide bonds. The number of hydrogen-bond donors (Lipinski definition) is 2. The fourth-order valence-corrected chi connectivity index (χ4v) is 1.79. The molecule has 0 aliphatic carbocycles. The average Bonchev–Trinajstić information content (AvgIpc) is 2.28. The van der Waals surface area contributed by atoms with E-state index in [1.165, 1.54) is 0 Å². The van der Waals surface area contributed by atoms with Gasteiger partial charge in [0.25, 0.3) is 0 Å². The molecule has 0 aromatic carbocycles. The van der Waals surface area contributed by atoms with Crippen molar-refractivity contribution in [1.29, 1.82) is 0 Å². The number of carbonyl (C=O) groups excluding carboxylic acids is 1. The Kier molecular flexibility index (Phi) is 9.98. The molecule has 0 rings (SSSR count). The highest BCUT2D eigenvalue weighted by molar-refractivity contribution is 5.85. The van der Waals surface area contributed by atoms with Crippen LogP contribution in [0.1, 0.15) is 53.4 Å². The maximum atomic E-state index is 11.9. The van der Waals surface area contributed by atoms with Crippen molar-refractivity contribution in [2.45, 2.75) is 58.9 Å². The van der Waals surface area contributed by atoms with Gasteiger partial charge in [-0.1, -0.05) is 27.7 Å². The largest absolute Gasteiger partial charge is 0.349 e. The standard InChI is InChI=1S/C12H26N2O.ClH/c1-5-10(6-2)11(15)14-12(7-3,8-4)9-13;/h10H,5-9,13H2,1-4H3,(H,14,15);1H. The van der Waals surface area contributed by atoms with Crippen molar-refractivity contribution >= 4 is 18.3 Å². The van der Waals surface area contributed by atoms with E-state index in [0.717, 1.165) is 25.7 Å². The van der Waals surface area contributed by atoms with Crippen LogP contribution in [-0.4, -0.2) is 18.0 Å². The summed E-state index contributed by atoms with van der Waals surface area (Å²) in [6.07, 6.45) is 3.59. The molecule has 0 aliphatic rings. The molecular formula is C12H27ClN2O. The van der Waals surface area contributed by atoms with Crippen LogP contribution in [0.3, 0.4) is 0 Å². The molecule has 3 N–H and O–H groups in total. The molecule has 0 saturated heterocycles. The first-order valence-corrected chi connectivity index (χ1v) is 6.11. The molecule has 0 aromatic heterocycles. The first kappa shape index (κ1) is 18.1. The monoisotopic (exact) mass is 250 g/mol. The predicted octanol–water partition coefficient (Wildman–Crippen LogP) is 2.48. The minimum Gasteiger partial charge on any atom is -0.349 e. The molecule has 0 fully saturated rings. The van der Waals surface area contributed by atoms with Gasteiger partial charge in [-0.2, -0.15) is 0 Å². The molecular weight excluding hydrogens is 224 g/mol. The fourth-order valence-electron chi connectivity index (χ4n) is 1.79. The lowest BCUT2D eigenvalue weighted by Gasteiger charge is -2.33. The molecule has 16 heavy (non-hydrogen) atoms. The van der Waals surface area contributed by atoms with Crippen molar-refractivity contribution in [3.8, 4) is 0 Å². The van der Waals surface area contributed by atoms with E-state index < -0.39 is 0 Å². The van der Waals surface area contributed by atoms with Crippen molar-refractivity contribution < 1.29 is 4.79 Å². The van der Waals surface area contributed by atoms with E-state index in [1.54, 1.807) is 0 Å². The van der Waals surface area contributed by atoms with Crippen molar-refractivity contribution in [3.63, 3.8) is 0 Å². The van der Waals surface area contributed by atoms with E-state index in [4.69, 9.17) is 5.73 Å². The maximum absolute atomic E-state index is 11.9. The number of amides is 1. The SMILES string of the molecule is CCC(CC)C(=O)NC(CC)(CC)CN.Cl. The third kappa shape index (κ3) is 4.71. The maximum Gasteiger partial charge on any atom is 0.223 e. The summed E-state index contributed by atoms with van der Waals surface area (Å²) in [5.74, 6) is 0.295. The number of nitrogens with two attached hydrogens (primary N) is 1. The Hall–Kier alpha value is -0.280. The van der Waals surface area contributed by atoms with Crippen molar-refractivity contribution in [2.24, 2.45) is 11.7 Å². The predicted molar refractivity (Wildman–Crippen MR) is 71.8 cm³/mol. The summed E-state index contributed by atoms with van der Waals surface area (Å²) < 4.78 is 0. The highest BCUT2D eigenvalue weighted by atomic mass is 35.5. The van der Waals surface area contributed by atoms with Crippen LogP contribution < -0.4 is 11.1 Å². The highest BCUT2D eigenvalue weighted by Gasteiger charge is 2.28. The van der Waals surface area contributed by atoms with Gasteiger partial charge in [0.1, 0.15) is 0 Å². The van der Waals surface area contributed by atoms with Gasteiger partial charge in [0.15, 0.2) is 0 Å². The van der Waals surface area contributed by atoms with E-state index in [0.29, 0.717) is 6.54 Å². The Morgan fingerprint density at radius 3 is 1.88 bits per heavy atom. The number of halogens is 1. The highest BCUT2D eigenvalue weighted by Crippen LogP contribution is 2.16. The Balaban J connectivity index is 0. The molecule has 3 nitrogen and oxygen atoms in total. The van der Waals surface area contributed by atoms with E-state index in [9.17, 15) is 4.79 Å². The molecule has 4 heteroatoms. The zero-order chi connectivity index (χ0) is 11.9. The van der Waals surface area contributed by atoms with Gasteiger partial charge in [-0.05, 0) is 25.7 Å². The number of hydrogen-bond acceptors (Lipinski definition) is 2. The molecule has 0 atom stereocenters. The first-order chi connectivity index (χ1) is 7.09. The van der Waals surface area contributed by atoms with Crippen LogP contribution in [0.25, 0.3) is 0 Å². The molecule has 0 spiro atoms. The lowest BCUT2D eigenvalue weighted by Crippen LogP contribution is -2.54. The average molecular weight is 251 g/mol. The zero-order valence-electron chi connectivity index (χ0n) is 11.0. The van der Waals surface area contributed by atoms with Gasteiger partial charge in [0.2, 0.25) is 5.91 Å². The molecule has 0 aliphatic heterocycles. The molecule has 0 aromatic rings. The van der Waals surface area contributed by atoms with Crippen LogP contribution in [0.2, 0.25) is 0 Å². The van der Waals surface area contributed by atoms with Gasteiger partial charge in [0, 0.05) is 12.5 Å². The molecule has 0 unspecified atom stereocenters. The normalized spacial score (nSPS) is 11.1. The van der Waals surface area contributed by atoms with Gasteiger partial charge < -0.3 is 11.1 Å². The summed E-state index contributed by atoms with van der Waals surface area (Å²) in [5, 5.41) is 3.12. The van der Waals surface area contributed by atoms with Crippen LogP contribution in [0.4, 0.5) is 0 Å². The Bertz CT molecular complexity index is 181. The lowest BCUT2D eigenvalue weighted by molar-refractivity contribution is -0.127. The van der Waals surface area contributed by atoms with Gasteiger partial charge in [-0.3, -0.25) is 4.79 Å². The van der Waals surface area contributed by atoms with E-state index in [2.05, 4.69) is 33.0 Å². The Morgan fingerprint density at radius 2 is 1.62 bits per heavy atom. The summed E-state index contributed by atoms with van der Waals surface area (Å²) in [6.45, 7) is 8.77. The van der Waals surface area contributed by atoms with Gasteiger partial charge in [0.05, 0.1) is 5.54 Å². The second-order valence-corrected chi connectivity index (χ2v) is 4.19. The van der Waals surface area contributed by atoms with Crippen molar-refractivity contribution in [2.75, 3.05) is 6.54 Å². The van der Waals surface area contributed by atoms with E-state index >= 15 is 0 Å². The van der Waals surface area contributed by atoms with Crippen LogP contribution >= 0.6 is 12.4 Å². The number of carbonyl (C=O) groups is 1. The summed E-state index contributed by atoms with van der Waals surface area (Å²) in [6, 6.07) is 0. The lowest BCUT2D eigenvalue weighted by atomic mass is 9.91. The molecule has 98 valence electrons. The van der Waals surface area contributed by atoms with Gasteiger partial charge >= 0.3 is 0 Å². The molecule has 0 heterocycles. The number of nitrogens with one attached hydrogen (secondary N) is 1. The van der Waals surface area contributed by atoms with E-state index in [-0.39, 0.29) is 29.8 Å². The Labute approximate surface area is 106 Å². The Morgan fingerprint density at radius 1 is 1.19 bits per heavy atom. The summed E-state index contributed by atoms with van der Waals surface area (Å²) in [7, 11) is 0. The van der Waals surface area contributed by atoms with Crippen LogP contribution in [0, 0.1) is 5.92 Å². The first-order valence-electron chi connectivity index (χ1n) is 6.11. The summed E-state index contributed by atoms with van der Waals surface area (Å²) in [5.41, 5.74) is 5.55. The smallest absolute Gasteiger partial charge is 0.223 e. The second kappa shape index (κ2) is 8.82. The second-order valence-electron chi connectivity index (χ2n) is 4.19. The van der Waals surface area contributed by atoms with Crippen LogP contribution in [-0.2, 0) is 4.79 Å². The van der Waals surface area contributed by atoms with Crippen LogP contribution in [0.15, 0.2) is 0 Å². The third-order valence-electron chi connectivity index (χ3n) is 3.49. The zero-order valence-corrected chi connectivity index (χ0v) is 11.8. The van der Waals surface area contributed by atoms with Crippen molar-refractivity contribution in [1.82, 2.24) is 5.32 Å². The molecule has 0 bridgehead atoms. The summed E-state index contributed by atoms with van der Waals surface area (Å²) >= 11 is 0. The molecule has 0 saturated carbocycles. The molecule has 0 radical (unpaired) electrons. The number of rotatable bonds is 7. The van der Waals surface area contributed by atoms with Gasteiger partial charge in [-0.15, -0.1) is 12.4 Å². The van der Waals surface area contributed by atoms with E-state index in [1.807, 2.05) is 0 Å². The van der Waals surface area contributed by atoms with Crippen LogP contribution in [0.5, 0.6) is 0 Å². The minimum absolute atomic E-state index is 0. The van der Waals surface area contributed by atoms with Crippen molar-refractivity contribution in [3.05, 3.63) is 0 Å². The van der Waals surface area contributed by atoms with Gasteiger partial charge in [-0.25, -0.2) is 0 Å². The quantitative estimate of drug-likeness (QED) is 0.730. The summed E-state index contributed by atoms with van der Waals surface area (Å²) in [4.78, 5) is 11.9. The topological polar surface area (TPSA) is 55.1 Å². The third-order valence-corrected chi connectivity index (χ3v) is 3.49. The fraction of sp³-hybridized carbons (Fsp3) is 0.917.